The van der Waals surface area contributed by atoms with E-state index in [1.165, 1.54) is 164 Å². The standard InChI is InChI=1S/C86H96/c1-79(2,3)53-35-49(36-54(43-53)80(4,5)6)61-31-33-63(51-39-57(83(13,14)15)45-58(40-51)84(16,17)18)77-71-47-69-66-28-26-30-68-74(66)72(48-70(69)65-27-25-29-67(73(65)71)75(61)77)78-64(52-41-59(85(19,20)21)46-60(42-52)86(22,23)24)34-32-62(76(68)78)50-37-55(81(7,8)9)44-56(38-50)82(10,11)12/h25-48H,1-24H3. The van der Waals surface area contributed by atoms with E-state index in [0.29, 0.717) is 0 Å². The highest BCUT2D eigenvalue weighted by Gasteiger charge is 2.31. The monoisotopic (exact) mass is 1130 g/mol. The van der Waals surface area contributed by atoms with E-state index in [-0.39, 0.29) is 43.3 Å². The molecule has 0 aromatic heterocycles. The van der Waals surface area contributed by atoms with Gasteiger partial charge in [0, 0.05) is 0 Å². The minimum Gasteiger partial charge on any atom is -0.0610 e. The van der Waals surface area contributed by atoms with Gasteiger partial charge in [-0.05, 0) is 220 Å². The molecule has 12 rings (SSSR count). The quantitative estimate of drug-likeness (QED) is 0.154. The molecule has 0 bridgehead atoms. The highest BCUT2D eigenvalue weighted by atomic mass is 14.3. The van der Waals surface area contributed by atoms with Gasteiger partial charge < -0.3 is 0 Å². The van der Waals surface area contributed by atoms with Crippen LogP contribution < -0.4 is 0 Å². The fraction of sp³-hybridized carbons (Fsp3) is 0.372. The van der Waals surface area contributed by atoms with E-state index in [2.05, 4.69) is 312 Å². The molecule has 12 aromatic rings. The summed E-state index contributed by atoms with van der Waals surface area (Å²) in [6.07, 6.45) is 0. The average Bonchev–Trinajstić information content (AvgIpc) is 1.52. The highest BCUT2D eigenvalue weighted by molar-refractivity contribution is 6.44. The van der Waals surface area contributed by atoms with Gasteiger partial charge in [0.1, 0.15) is 0 Å². The Morgan fingerprint density at radius 3 is 0.547 bits per heavy atom. The number of hydrogen-bond donors (Lipinski definition) is 0. The van der Waals surface area contributed by atoms with Crippen LogP contribution in [0.2, 0.25) is 0 Å². The zero-order chi connectivity index (χ0) is 62.3. The van der Waals surface area contributed by atoms with Gasteiger partial charge in [0.25, 0.3) is 0 Å². The maximum absolute atomic E-state index is 2.63. The van der Waals surface area contributed by atoms with Crippen LogP contribution in [0.4, 0.5) is 0 Å². The van der Waals surface area contributed by atoms with Crippen molar-refractivity contribution in [1.29, 1.82) is 0 Å². The van der Waals surface area contributed by atoms with E-state index in [0.717, 1.165) is 0 Å². The molecule has 0 nitrogen and oxygen atoms in total. The zero-order valence-corrected chi connectivity index (χ0v) is 56.9. The smallest absolute Gasteiger partial charge is 0.00137 e. The van der Waals surface area contributed by atoms with Crippen molar-refractivity contribution in [3.8, 4) is 44.5 Å². The Labute approximate surface area is 516 Å². The van der Waals surface area contributed by atoms with E-state index >= 15 is 0 Å². The highest BCUT2D eigenvalue weighted by Crippen LogP contribution is 2.55. The molecule has 0 atom stereocenters. The van der Waals surface area contributed by atoms with Gasteiger partial charge in [-0.25, -0.2) is 0 Å². The van der Waals surface area contributed by atoms with Crippen molar-refractivity contribution >= 4 is 75.4 Å². The van der Waals surface area contributed by atoms with Gasteiger partial charge >= 0.3 is 0 Å². The lowest BCUT2D eigenvalue weighted by Gasteiger charge is -2.27. The number of rotatable bonds is 4. The second kappa shape index (κ2) is 19.2. The fourth-order valence-electron chi connectivity index (χ4n) is 13.9. The number of hydrogen-bond acceptors (Lipinski definition) is 0. The van der Waals surface area contributed by atoms with Crippen LogP contribution in [0.25, 0.3) is 120 Å². The van der Waals surface area contributed by atoms with Crippen LogP contribution >= 0.6 is 0 Å². The Bertz CT molecular complexity index is 4280. The Morgan fingerprint density at radius 1 is 0.163 bits per heavy atom. The van der Waals surface area contributed by atoms with Crippen LogP contribution in [0, 0.1) is 0 Å². The summed E-state index contributed by atoms with van der Waals surface area (Å²) in [7, 11) is 0. The van der Waals surface area contributed by atoms with Gasteiger partial charge in [-0.3, -0.25) is 0 Å². The summed E-state index contributed by atoms with van der Waals surface area (Å²) in [6.45, 7) is 56.8. The fourth-order valence-corrected chi connectivity index (χ4v) is 13.9. The first-order valence-electron chi connectivity index (χ1n) is 32.1. The lowest BCUT2D eigenvalue weighted by molar-refractivity contribution is 0.568. The van der Waals surface area contributed by atoms with E-state index in [1.807, 2.05) is 0 Å². The Morgan fingerprint density at radius 2 is 0.349 bits per heavy atom. The van der Waals surface area contributed by atoms with Crippen LogP contribution in [0.3, 0.4) is 0 Å². The number of fused-ring (bicyclic) bond motifs is 9. The summed E-state index contributed by atoms with van der Waals surface area (Å²) in [6, 6.07) is 59.6. The first-order valence-corrected chi connectivity index (χ1v) is 32.1. The molecule has 0 spiro atoms. The summed E-state index contributed by atoms with van der Waals surface area (Å²) in [5.74, 6) is 0. The molecule has 0 amide bonds. The molecule has 0 fully saturated rings. The van der Waals surface area contributed by atoms with Crippen molar-refractivity contribution in [3.63, 3.8) is 0 Å². The van der Waals surface area contributed by atoms with Gasteiger partial charge in [-0.1, -0.05) is 300 Å². The largest absolute Gasteiger partial charge is 0.0610 e. The minimum atomic E-state index is -0.0402. The van der Waals surface area contributed by atoms with Crippen molar-refractivity contribution in [1.82, 2.24) is 0 Å². The average molecular weight is 1130 g/mol. The minimum absolute atomic E-state index is 0.0332. The zero-order valence-electron chi connectivity index (χ0n) is 56.9. The van der Waals surface area contributed by atoms with Crippen molar-refractivity contribution in [2.24, 2.45) is 0 Å². The summed E-state index contributed by atoms with van der Waals surface area (Å²) >= 11 is 0. The third-order valence-electron chi connectivity index (χ3n) is 19.5. The van der Waals surface area contributed by atoms with Gasteiger partial charge in [-0.15, -0.1) is 0 Å². The molecule has 0 aliphatic heterocycles. The molecule has 0 saturated heterocycles. The van der Waals surface area contributed by atoms with Gasteiger partial charge in [0.15, 0.2) is 0 Å². The van der Waals surface area contributed by atoms with E-state index in [4.69, 9.17) is 0 Å². The second-order valence-electron chi connectivity index (χ2n) is 34.4. The van der Waals surface area contributed by atoms with Crippen LogP contribution in [0.5, 0.6) is 0 Å². The third-order valence-corrected chi connectivity index (χ3v) is 19.5. The Kier molecular flexibility index (Phi) is 13.3. The summed E-state index contributed by atoms with van der Waals surface area (Å²) in [4.78, 5) is 0. The lowest BCUT2D eigenvalue weighted by Crippen LogP contribution is -2.16. The third kappa shape index (κ3) is 9.98. The van der Waals surface area contributed by atoms with Crippen LogP contribution in [-0.4, -0.2) is 0 Å². The SMILES string of the molecule is CC(C)(C)c1cc(-c2ccc(-c3cc(C(C)(C)C)cc(C(C)(C)C)c3)c3c4cc5c(cc6c7c(-c8cc(C(C)(C)C)cc(C(C)(C)C)c8)ccc(-c8cc(C(C)(C)C)cc(C(C)(C)C)c8)c7c7cccc5c76)c5cccc(c23)c54)cc(C(C)(C)C)c1. The van der Waals surface area contributed by atoms with E-state index in [9.17, 15) is 0 Å². The van der Waals surface area contributed by atoms with E-state index in [1.54, 1.807) is 0 Å². The molecule has 0 heteroatoms. The first kappa shape index (κ1) is 59.3. The normalized spacial score (nSPS) is 13.8. The Balaban J connectivity index is 1.28. The number of benzene rings is 10. The molecule has 0 radical (unpaired) electrons. The molecule has 0 saturated carbocycles. The molecule has 0 aliphatic carbocycles. The van der Waals surface area contributed by atoms with Crippen molar-refractivity contribution in [2.75, 3.05) is 0 Å². The second-order valence-corrected chi connectivity index (χ2v) is 34.4. The predicted octanol–water partition coefficient (Wildman–Crippen LogP) is 25.7. The van der Waals surface area contributed by atoms with Crippen LogP contribution in [-0.2, 0) is 43.3 Å². The molecule has 86 heavy (non-hydrogen) atoms. The first-order chi connectivity index (χ1) is 39.7. The molecular weight excluding hydrogens is 1030 g/mol. The molecule has 0 unspecified atom stereocenters. The lowest BCUT2D eigenvalue weighted by atomic mass is 9.77. The molecule has 0 aliphatic rings. The van der Waals surface area contributed by atoms with Crippen molar-refractivity contribution < 1.29 is 0 Å². The van der Waals surface area contributed by atoms with Crippen LogP contribution in [0.15, 0.2) is 146 Å². The maximum atomic E-state index is 2.63. The maximum Gasteiger partial charge on any atom is -0.00137 e. The summed E-state index contributed by atoms with van der Waals surface area (Å²) in [5, 5.41) is 18.6. The molecule has 0 N–H and O–H groups in total. The molecule has 440 valence electrons. The topological polar surface area (TPSA) is 0 Å². The van der Waals surface area contributed by atoms with Gasteiger partial charge in [-0.2, -0.15) is 0 Å². The summed E-state index contributed by atoms with van der Waals surface area (Å²) < 4.78 is 0. The van der Waals surface area contributed by atoms with Gasteiger partial charge in [0.05, 0.1) is 0 Å². The molecule has 0 heterocycles. The van der Waals surface area contributed by atoms with Crippen molar-refractivity contribution in [3.05, 3.63) is 190 Å². The molecular formula is C86H96. The predicted molar refractivity (Wildman–Crippen MR) is 383 cm³/mol. The van der Waals surface area contributed by atoms with Gasteiger partial charge in [0.2, 0.25) is 0 Å². The Hall–Kier alpha value is -7.02. The summed E-state index contributed by atoms with van der Waals surface area (Å²) in [5.41, 5.74) is 21.0. The van der Waals surface area contributed by atoms with E-state index < -0.39 is 0 Å². The van der Waals surface area contributed by atoms with Crippen molar-refractivity contribution in [2.45, 2.75) is 209 Å². The molecule has 12 aromatic carbocycles. The van der Waals surface area contributed by atoms with Crippen LogP contribution in [0.1, 0.15) is 211 Å².